The predicted octanol–water partition coefficient (Wildman–Crippen LogP) is 12.6. The van der Waals surface area contributed by atoms with Crippen molar-refractivity contribution in [1.29, 1.82) is 0 Å². The molecule has 2 aromatic carbocycles. The number of halogens is 4. The van der Waals surface area contributed by atoms with Crippen LogP contribution in [0.1, 0.15) is 143 Å². The van der Waals surface area contributed by atoms with Crippen LogP contribution in [0.5, 0.6) is 0 Å². The number of benzene rings is 2. The summed E-state index contributed by atoms with van der Waals surface area (Å²) in [5.74, 6) is 10.8. The van der Waals surface area contributed by atoms with E-state index in [4.69, 9.17) is 9.31 Å². The molecule has 0 aliphatic heterocycles. The number of aromatic amines is 4. The lowest BCUT2D eigenvalue weighted by Crippen LogP contribution is -2.09. The molecule has 4 N–H and O–H groups in total. The number of carbonyl (C=O) groups excluding carboxylic acids is 2. The van der Waals surface area contributed by atoms with Gasteiger partial charge in [0.25, 0.3) is 0 Å². The SMILES string of the molecule is CCc1c[nH]c(/C(=C/C(=O)c2[nH]c(-c3cccc(C#CC#Cc4cccc(-c5[nH]c(C(=O)/C=C(\OB(F)F)c6[nH]cc(CC)c6CC)c(CC)c5CC)c4)c3)c(CC)c2CC)OB(F)F)c1CC. The first-order chi connectivity index (χ1) is 32.8. The van der Waals surface area contributed by atoms with Gasteiger partial charge in [-0.15, -0.1) is 0 Å². The molecule has 350 valence electrons. The summed E-state index contributed by atoms with van der Waals surface area (Å²) in [6, 6.07) is 15.2. The van der Waals surface area contributed by atoms with Crippen LogP contribution in [-0.2, 0) is 60.7 Å². The zero-order chi connectivity index (χ0) is 49.1. The van der Waals surface area contributed by atoms with Gasteiger partial charge in [0, 0.05) is 47.1 Å². The second-order valence-corrected chi connectivity index (χ2v) is 16.0. The number of carbonyl (C=O) groups is 2. The Kier molecular flexibility index (Phi) is 17.1. The summed E-state index contributed by atoms with van der Waals surface area (Å²) in [6.45, 7) is 15.7. The van der Waals surface area contributed by atoms with Gasteiger partial charge in [-0.25, -0.2) is 17.3 Å². The van der Waals surface area contributed by atoms with Crippen LogP contribution in [0.2, 0.25) is 0 Å². The molecule has 0 unspecified atom stereocenters. The van der Waals surface area contributed by atoms with Crippen molar-refractivity contribution in [1.82, 2.24) is 19.9 Å². The number of aryl methyl sites for hydroxylation is 2. The minimum Gasteiger partial charge on any atom is -0.503 e. The largest absolute Gasteiger partial charge is 0.796 e. The van der Waals surface area contributed by atoms with E-state index in [1.54, 1.807) is 12.4 Å². The first-order valence-corrected chi connectivity index (χ1v) is 23.3. The maximum atomic E-state index is 13.9. The summed E-state index contributed by atoms with van der Waals surface area (Å²) in [4.78, 5) is 40.6. The van der Waals surface area contributed by atoms with Crippen LogP contribution in [0.3, 0.4) is 0 Å². The summed E-state index contributed by atoms with van der Waals surface area (Å²) in [7, 11) is -6.24. The Balaban J connectivity index is 1.28. The molecule has 0 amide bonds. The van der Waals surface area contributed by atoms with Crippen molar-refractivity contribution in [3.8, 4) is 46.2 Å². The van der Waals surface area contributed by atoms with Gasteiger partial charge in [-0.05, 0) is 143 Å². The van der Waals surface area contributed by atoms with E-state index in [0.717, 1.165) is 79.2 Å². The van der Waals surface area contributed by atoms with Gasteiger partial charge in [0.05, 0.1) is 22.8 Å². The van der Waals surface area contributed by atoms with Gasteiger partial charge in [-0.1, -0.05) is 91.5 Å². The third-order valence-electron chi connectivity index (χ3n) is 12.2. The molecule has 0 saturated carbocycles. The fourth-order valence-corrected chi connectivity index (χ4v) is 9.11. The van der Waals surface area contributed by atoms with Gasteiger partial charge in [-0.2, -0.15) is 0 Å². The van der Waals surface area contributed by atoms with Gasteiger partial charge < -0.3 is 29.2 Å². The molecule has 0 saturated heterocycles. The zero-order valence-corrected chi connectivity index (χ0v) is 39.9. The number of aromatic nitrogens is 4. The highest BCUT2D eigenvalue weighted by atomic mass is 19.2. The first-order valence-electron chi connectivity index (χ1n) is 23.3. The molecule has 0 bridgehead atoms. The van der Waals surface area contributed by atoms with E-state index < -0.39 is 26.5 Å². The highest BCUT2D eigenvalue weighted by molar-refractivity contribution is 6.36. The summed E-state index contributed by atoms with van der Waals surface area (Å²) in [6.07, 6.45) is 10.7. The van der Waals surface area contributed by atoms with Crippen molar-refractivity contribution in [3.05, 3.63) is 151 Å². The molecule has 8 nitrogen and oxygen atoms in total. The van der Waals surface area contributed by atoms with E-state index in [-0.39, 0.29) is 11.5 Å². The number of rotatable bonds is 20. The zero-order valence-electron chi connectivity index (χ0n) is 39.9. The number of H-pyrrole nitrogens is 4. The van der Waals surface area contributed by atoms with Crippen LogP contribution in [0, 0.1) is 23.7 Å². The van der Waals surface area contributed by atoms with Crippen molar-refractivity contribution < 1.29 is 36.2 Å². The maximum absolute atomic E-state index is 13.9. The Bertz CT molecular complexity index is 2780. The minimum atomic E-state index is -3.12. The maximum Gasteiger partial charge on any atom is 0.796 e. The predicted molar refractivity (Wildman–Crippen MR) is 266 cm³/mol. The molecule has 4 heterocycles. The van der Waals surface area contributed by atoms with Crippen molar-refractivity contribution in [3.63, 3.8) is 0 Å². The van der Waals surface area contributed by atoms with Gasteiger partial charge in [0.15, 0.2) is 0 Å². The molecule has 0 aliphatic rings. The monoisotopic (exact) mass is 922 g/mol. The Morgan fingerprint density at radius 3 is 1.21 bits per heavy atom. The Hall–Kier alpha value is -7.05. The van der Waals surface area contributed by atoms with E-state index >= 15 is 0 Å². The lowest BCUT2D eigenvalue weighted by atomic mass is 9.98. The molecular weight excluding hydrogens is 866 g/mol. The second-order valence-electron chi connectivity index (χ2n) is 16.0. The van der Waals surface area contributed by atoms with Crippen molar-refractivity contribution in [2.75, 3.05) is 0 Å². The molecule has 0 spiro atoms. The lowest BCUT2D eigenvalue weighted by Gasteiger charge is -2.10. The Morgan fingerprint density at radius 2 is 0.882 bits per heavy atom. The molecular formula is C54H56B2F4N4O4. The summed E-state index contributed by atoms with van der Waals surface area (Å²) >= 11 is 0. The van der Waals surface area contributed by atoms with E-state index in [1.807, 2.05) is 104 Å². The van der Waals surface area contributed by atoms with Gasteiger partial charge in [-0.3, -0.25) is 9.59 Å². The third-order valence-corrected chi connectivity index (χ3v) is 12.2. The fraction of sp³-hybridized carbons (Fsp3) is 0.296. The smallest absolute Gasteiger partial charge is 0.503 e. The molecule has 4 aromatic heterocycles. The van der Waals surface area contributed by atoms with Gasteiger partial charge in [0.1, 0.15) is 11.5 Å². The van der Waals surface area contributed by atoms with Gasteiger partial charge >= 0.3 is 14.9 Å². The summed E-state index contributed by atoms with van der Waals surface area (Å²) in [5.41, 5.74) is 12.9. The number of nitrogens with one attached hydrogen (secondary N) is 4. The summed E-state index contributed by atoms with van der Waals surface area (Å²) < 4.78 is 64.6. The van der Waals surface area contributed by atoms with Crippen molar-refractivity contribution in [2.24, 2.45) is 0 Å². The molecule has 0 atom stereocenters. The highest BCUT2D eigenvalue weighted by Gasteiger charge is 2.28. The molecule has 0 aliphatic carbocycles. The topological polar surface area (TPSA) is 116 Å². The lowest BCUT2D eigenvalue weighted by molar-refractivity contribution is 0.103. The standard InChI is InChI=1S/C54H56B2F4N4O4/c1-9-35-31-61-53(39(35)11-3)47(67-55(57)58)29-45(65)51-43(15-7)41(13-5)49(63-51)37-25-19-23-33(27-37)21-17-18-22-34-24-20-26-38(28-34)50-42(14-6)44(16-8)52(64-50)46(66)30-48(68-56(59)60)54-40(12-4)36(10-2)32-62-54/h19-20,23-32,61-64H,9-16H2,1-8H3/b47-29-,48-30-. The molecule has 68 heavy (non-hydrogen) atoms. The number of ketones is 2. The van der Waals surface area contributed by atoms with Crippen LogP contribution < -0.4 is 0 Å². The number of hydrogen-bond acceptors (Lipinski definition) is 4. The molecule has 0 fully saturated rings. The fourth-order valence-electron chi connectivity index (χ4n) is 9.11. The third kappa shape index (κ3) is 11.0. The molecule has 6 aromatic rings. The van der Waals surface area contributed by atoms with E-state index in [0.29, 0.717) is 85.3 Å². The average molecular weight is 923 g/mol. The van der Waals surface area contributed by atoms with Crippen LogP contribution >= 0.6 is 0 Å². The van der Waals surface area contributed by atoms with Crippen LogP contribution in [0.15, 0.2) is 73.1 Å². The number of allylic oxidation sites excluding steroid dienone is 2. The Labute approximate surface area is 397 Å². The minimum absolute atomic E-state index is 0.210. The first kappa shape index (κ1) is 50.4. The Morgan fingerprint density at radius 1 is 0.515 bits per heavy atom. The quantitative estimate of drug-likeness (QED) is 0.0152. The normalized spacial score (nSPS) is 11.5. The highest BCUT2D eigenvalue weighted by Crippen LogP contribution is 2.34. The van der Waals surface area contributed by atoms with E-state index in [9.17, 15) is 26.9 Å². The van der Waals surface area contributed by atoms with Crippen LogP contribution in [0.4, 0.5) is 17.3 Å². The van der Waals surface area contributed by atoms with E-state index in [2.05, 4.69) is 43.6 Å². The molecule has 6 rings (SSSR count). The molecule has 14 heteroatoms. The second kappa shape index (κ2) is 23.1. The number of hydrogen-bond donors (Lipinski definition) is 4. The van der Waals surface area contributed by atoms with Crippen molar-refractivity contribution in [2.45, 2.75) is 107 Å². The summed E-state index contributed by atoms with van der Waals surface area (Å²) in [5, 5.41) is 0. The molecule has 0 radical (unpaired) electrons. The average Bonchev–Trinajstić information content (AvgIpc) is 4.14. The van der Waals surface area contributed by atoms with Crippen LogP contribution in [-0.4, -0.2) is 46.4 Å². The van der Waals surface area contributed by atoms with Gasteiger partial charge in [0.2, 0.25) is 11.6 Å². The van der Waals surface area contributed by atoms with Crippen LogP contribution in [0.25, 0.3) is 34.0 Å². The van der Waals surface area contributed by atoms with Crippen molar-refractivity contribution >= 4 is 38.0 Å². The van der Waals surface area contributed by atoms with E-state index in [1.165, 1.54) is 0 Å².